The highest BCUT2D eigenvalue weighted by Gasteiger charge is 2.22. The molecule has 0 aliphatic carbocycles. The molecule has 0 bridgehead atoms. The van der Waals surface area contributed by atoms with E-state index < -0.39 is 15.9 Å². The molecule has 0 saturated heterocycles. The van der Waals surface area contributed by atoms with Crippen molar-refractivity contribution in [3.8, 4) is 0 Å². The normalized spacial score (nSPS) is 11.9. The summed E-state index contributed by atoms with van der Waals surface area (Å²) in [5.74, 6) is -0.487. The lowest BCUT2D eigenvalue weighted by atomic mass is 9.87. The van der Waals surface area contributed by atoms with Gasteiger partial charge in [-0.05, 0) is 41.3 Å². The van der Waals surface area contributed by atoms with Gasteiger partial charge in [-0.2, -0.15) is 0 Å². The zero-order valence-electron chi connectivity index (χ0n) is 15.6. The van der Waals surface area contributed by atoms with Crippen LogP contribution in [0.3, 0.4) is 0 Å². The smallest absolute Gasteiger partial charge is 0.245 e. The summed E-state index contributed by atoms with van der Waals surface area (Å²) in [5, 5.41) is 3.30. The number of nitrogens with one attached hydrogen (secondary N) is 1. The quantitative estimate of drug-likeness (QED) is 0.750. The zero-order chi connectivity index (χ0) is 20.4. The van der Waals surface area contributed by atoms with Crippen molar-refractivity contribution in [2.75, 3.05) is 22.4 Å². The molecule has 2 rings (SSSR count). The molecule has 2 aromatic carbocycles. The summed E-state index contributed by atoms with van der Waals surface area (Å²) in [6.45, 7) is 5.86. The molecule has 0 radical (unpaired) electrons. The van der Waals surface area contributed by atoms with Crippen LogP contribution >= 0.6 is 23.2 Å². The molecule has 0 atom stereocenters. The molecule has 0 fully saturated rings. The maximum atomic E-state index is 12.4. The number of benzene rings is 2. The van der Waals surface area contributed by atoms with E-state index in [1.807, 2.05) is 12.1 Å². The van der Waals surface area contributed by atoms with Gasteiger partial charge in [-0.25, -0.2) is 8.42 Å². The summed E-state index contributed by atoms with van der Waals surface area (Å²) in [7, 11) is -3.64. The first-order valence-electron chi connectivity index (χ1n) is 8.21. The third kappa shape index (κ3) is 5.86. The number of hydrogen-bond donors (Lipinski definition) is 1. The molecule has 0 aliphatic rings. The van der Waals surface area contributed by atoms with Gasteiger partial charge >= 0.3 is 0 Å². The number of hydrogen-bond acceptors (Lipinski definition) is 3. The molecule has 8 heteroatoms. The Balaban J connectivity index is 2.22. The first-order valence-corrected chi connectivity index (χ1v) is 10.8. The molecule has 146 valence electrons. The van der Waals surface area contributed by atoms with Crippen molar-refractivity contribution in [2.45, 2.75) is 26.2 Å². The van der Waals surface area contributed by atoms with Crippen molar-refractivity contribution < 1.29 is 13.2 Å². The number of carbonyl (C=O) groups is 1. The molecule has 1 amide bonds. The minimum absolute atomic E-state index is 0.0559. The van der Waals surface area contributed by atoms with E-state index in [9.17, 15) is 13.2 Å². The summed E-state index contributed by atoms with van der Waals surface area (Å²) in [4.78, 5) is 12.4. The zero-order valence-corrected chi connectivity index (χ0v) is 17.9. The van der Waals surface area contributed by atoms with E-state index in [1.165, 1.54) is 6.07 Å². The van der Waals surface area contributed by atoms with Gasteiger partial charge in [0.1, 0.15) is 6.54 Å². The summed E-state index contributed by atoms with van der Waals surface area (Å²) >= 11 is 11.8. The van der Waals surface area contributed by atoms with E-state index in [0.29, 0.717) is 21.4 Å². The summed E-state index contributed by atoms with van der Waals surface area (Å²) < 4.78 is 25.5. The molecule has 0 spiro atoms. The molecule has 0 aliphatic heterocycles. The van der Waals surface area contributed by atoms with Gasteiger partial charge in [0, 0.05) is 5.69 Å². The molecule has 0 unspecified atom stereocenters. The van der Waals surface area contributed by atoms with Gasteiger partial charge in [-0.1, -0.05) is 56.1 Å². The van der Waals surface area contributed by atoms with Crippen LogP contribution in [0, 0.1) is 0 Å². The Kier molecular flexibility index (Phi) is 6.45. The molecule has 0 saturated carbocycles. The molecular formula is C19H22Cl2N2O3S. The fourth-order valence-corrected chi connectivity index (χ4v) is 3.59. The molecule has 27 heavy (non-hydrogen) atoms. The van der Waals surface area contributed by atoms with E-state index in [2.05, 4.69) is 26.1 Å². The second-order valence-corrected chi connectivity index (χ2v) is 9.96. The van der Waals surface area contributed by atoms with Gasteiger partial charge in [0.15, 0.2) is 0 Å². The van der Waals surface area contributed by atoms with Crippen LogP contribution in [0.2, 0.25) is 10.0 Å². The van der Waals surface area contributed by atoms with Gasteiger partial charge in [-0.3, -0.25) is 9.10 Å². The average molecular weight is 429 g/mol. The number of carbonyl (C=O) groups excluding carboxylic acids is 1. The standard InChI is InChI=1S/C19H22Cl2N2O3S/c1-19(2,3)13-5-8-15(9-6-13)23(27(4,25)26)12-18(24)22-14-7-10-16(20)17(21)11-14/h5-11H,12H2,1-4H3,(H,22,24). The number of rotatable bonds is 5. The van der Waals surface area contributed by atoms with E-state index in [0.717, 1.165) is 16.1 Å². The third-order valence-electron chi connectivity index (χ3n) is 3.91. The van der Waals surface area contributed by atoms with Crippen molar-refractivity contribution in [1.29, 1.82) is 0 Å². The highest BCUT2D eigenvalue weighted by Crippen LogP contribution is 2.27. The summed E-state index contributed by atoms with van der Waals surface area (Å²) in [6, 6.07) is 11.8. The Morgan fingerprint density at radius 1 is 1.04 bits per heavy atom. The topological polar surface area (TPSA) is 66.5 Å². The van der Waals surface area contributed by atoms with Crippen molar-refractivity contribution in [2.24, 2.45) is 0 Å². The Morgan fingerprint density at radius 2 is 1.63 bits per heavy atom. The number of anilines is 2. The first-order chi connectivity index (χ1) is 12.4. The molecule has 1 N–H and O–H groups in total. The second kappa shape index (κ2) is 8.09. The molecular weight excluding hydrogens is 407 g/mol. The van der Waals surface area contributed by atoms with E-state index >= 15 is 0 Å². The maximum Gasteiger partial charge on any atom is 0.245 e. The van der Waals surface area contributed by atoms with Crippen LogP contribution in [0.5, 0.6) is 0 Å². The van der Waals surface area contributed by atoms with Gasteiger partial charge in [0.2, 0.25) is 15.9 Å². The first kappa shape index (κ1) is 21.5. The second-order valence-electron chi connectivity index (χ2n) is 7.24. The average Bonchev–Trinajstić information content (AvgIpc) is 2.54. The fourth-order valence-electron chi connectivity index (χ4n) is 2.43. The lowest BCUT2D eigenvalue weighted by Crippen LogP contribution is -2.37. The van der Waals surface area contributed by atoms with Crippen LogP contribution in [0.15, 0.2) is 42.5 Å². The van der Waals surface area contributed by atoms with Crippen molar-refractivity contribution in [1.82, 2.24) is 0 Å². The van der Waals surface area contributed by atoms with Crippen molar-refractivity contribution in [3.63, 3.8) is 0 Å². The predicted octanol–water partition coefficient (Wildman–Crippen LogP) is 4.70. The molecule has 5 nitrogen and oxygen atoms in total. The Hall–Kier alpha value is -1.76. The van der Waals surface area contributed by atoms with E-state index in [4.69, 9.17) is 23.2 Å². The van der Waals surface area contributed by atoms with Crippen LogP contribution in [-0.2, 0) is 20.2 Å². The largest absolute Gasteiger partial charge is 0.324 e. The van der Waals surface area contributed by atoms with Gasteiger partial charge in [-0.15, -0.1) is 0 Å². The molecule has 2 aromatic rings. The lowest BCUT2D eigenvalue weighted by Gasteiger charge is -2.24. The summed E-state index contributed by atoms with van der Waals surface area (Å²) in [6.07, 6.45) is 1.07. The third-order valence-corrected chi connectivity index (χ3v) is 5.79. The number of amides is 1. The maximum absolute atomic E-state index is 12.4. The van der Waals surface area contributed by atoms with Gasteiger partial charge in [0.05, 0.1) is 22.0 Å². The number of nitrogens with zero attached hydrogens (tertiary/aromatic N) is 1. The van der Waals surface area contributed by atoms with E-state index in [1.54, 1.807) is 24.3 Å². The number of halogens is 2. The number of sulfonamides is 1. The fraction of sp³-hybridized carbons (Fsp3) is 0.316. The Bertz CT molecular complexity index is 936. The Labute approximate surface area is 170 Å². The predicted molar refractivity (Wildman–Crippen MR) is 112 cm³/mol. The highest BCUT2D eigenvalue weighted by molar-refractivity contribution is 7.92. The van der Waals surface area contributed by atoms with Crippen LogP contribution < -0.4 is 9.62 Å². The van der Waals surface area contributed by atoms with Gasteiger partial charge in [0.25, 0.3) is 0 Å². The van der Waals surface area contributed by atoms with Crippen molar-refractivity contribution >= 4 is 50.5 Å². The molecule has 0 heterocycles. The van der Waals surface area contributed by atoms with Crippen molar-refractivity contribution in [3.05, 3.63) is 58.1 Å². The van der Waals surface area contributed by atoms with Crippen LogP contribution in [0.1, 0.15) is 26.3 Å². The van der Waals surface area contributed by atoms with Crippen LogP contribution in [0.25, 0.3) is 0 Å². The van der Waals surface area contributed by atoms with Crippen LogP contribution in [-0.4, -0.2) is 27.1 Å². The Morgan fingerprint density at radius 3 is 2.11 bits per heavy atom. The molecule has 0 aromatic heterocycles. The minimum Gasteiger partial charge on any atom is -0.324 e. The van der Waals surface area contributed by atoms with Crippen LogP contribution in [0.4, 0.5) is 11.4 Å². The van der Waals surface area contributed by atoms with Gasteiger partial charge < -0.3 is 5.32 Å². The highest BCUT2D eigenvalue weighted by atomic mass is 35.5. The summed E-state index contributed by atoms with van der Waals surface area (Å²) in [5.41, 5.74) is 1.88. The van der Waals surface area contributed by atoms with E-state index in [-0.39, 0.29) is 12.0 Å². The SMILES string of the molecule is CC(C)(C)c1ccc(N(CC(=O)Nc2ccc(Cl)c(Cl)c2)S(C)(=O)=O)cc1. The minimum atomic E-state index is -3.64. The lowest BCUT2D eigenvalue weighted by molar-refractivity contribution is -0.114. The monoisotopic (exact) mass is 428 g/mol.